The lowest BCUT2D eigenvalue weighted by atomic mass is 9.82. The largest absolute Gasteiger partial charge is 0.465 e. The molecule has 0 aromatic heterocycles. The molecular formula is C27H32N2O4S. The van der Waals surface area contributed by atoms with Gasteiger partial charge in [-0.15, -0.1) is 0 Å². The molecule has 0 saturated heterocycles. The molecule has 0 atom stereocenters. The van der Waals surface area contributed by atoms with Crippen LogP contribution in [0.1, 0.15) is 31.2 Å². The first-order valence-electron chi connectivity index (χ1n) is 11.9. The van der Waals surface area contributed by atoms with Crippen LogP contribution in [0.2, 0.25) is 0 Å². The first-order chi connectivity index (χ1) is 16.4. The molecule has 180 valence electrons. The zero-order valence-corrected chi connectivity index (χ0v) is 20.1. The monoisotopic (exact) mass is 480 g/mol. The molecule has 1 saturated carbocycles. The zero-order chi connectivity index (χ0) is 24.0. The van der Waals surface area contributed by atoms with Gasteiger partial charge in [0.25, 0.3) is 0 Å². The highest BCUT2D eigenvalue weighted by Gasteiger charge is 2.30. The van der Waals surface area contributed by atoms with Gasteiger partial charge >= 0.3 is 6.09 Å². The van der Waals surface area contributed by atoms with E-state index in [-0.39, 0.29) is 5.92 Å². The Balaban J connectivity index is 1.50. The number of carbonyl (C=O) groups is 1. The molecule has 34 heavy (non-hydrogen) atoms. The van der Waals surface area contributed by atoms with Crippen LogP contribution in [0.5, 0.6) is 0 Å². The Hall–Kier alpha value is -2.90. The molecule has 7 heteroatoms. The molecule has 4 rings (SSSR count). The van der Waals surface area contributed by atoms with E-state index in [1.807, 2.05) is 60.7 Å². The minimum absolute atomic E-state index is 0.270. The molecular weight excluding hydrogens is 448 g/mol. The van der Waals surface area contributed by atoms with E-state index in [1.165, 1.54) is 0 Å². The van der Waals surface area contributed by atoms with Crippen molar-refractivity contribution in [2.24, 2.45) is 11.8 Å². The number of benzene rings is 3. The van der Waals surface area contributed by atoms with E-state index in [9.17, 15) is 13.2 Å². The van der Waals surface area contributed by atoms with E-state index in [2.05, 4.69) is 5.32 Å². The molecule has 6 nitrogen and oxygen atoms in total. The molecule has 0 spiro atoms. The summed E-state index contributed by atoms with van der Waals surface area (Å²) in [4.78, 5) is 11.1. The number of hydrogen-bond acceptors (Lipinski definition) is 3. The number of hydrogen-bond donors (Lipinski definition) is 2. The smallest absolute Gasteiger partial charge is 0.404 e. The van der Waals surface area contributed by atoms with E-state index in [1.54, 1.807) is 16.4 Å². The predicted molar refractivity (Wildman–Crippen MR) is 134 cm³/mol. The van der Waals surface area contributed by atoms with Gasteiger partial charge in [0.05, 0.1) is 4.90 Å². The summed E-state index contributed by atoms with van der Waals surface area (Å²) in [5.41, 5.74) is 1.12. The molecule has 0 radical (unpaired) electrons. The normalized spacial score (nSPS) is 18.7. The van der Waals surface area contributed by atoms with E-state index in [4.69, 9.17) is 5.11 Å². The van der Waals surface area contributed by atoms with Crippen molar-refractivity contribution < 1.29 is 18.3 Å². The third kappa shape index (κ3) is 6.15. The Kier molecular flexibility index (Phi) is 7.85. The van der Waals surface area contributed by atoms with E-state index >= 15 is 0 Å². The Morgan fingerprint density at radius 3 is 2.24 bits per heavy atom. The Bertz CT molecular complexity index is 1210. The van der Waals surface area contributed by atoms with Crippen molar-refractivity contribution in [1.82, 2.24) is 9.62 Å². The fraction of sp³-hybridized carbons (Fsp3) is 0.370. The molecule has 0 bridgehead atoms. The van der Waals surface area contributed by atoms with Crippen LogP contribution in [0.15, 0.2) is 77.7 Å². The number of amides is 1. The van der Waals surface area contributed by atoms with Crippen molar-refractivity contribution in [3.8, 4) is 0 Å². The number of nitrogens with one attached hydrogen (secondary N) is 1. The maximum Gasteiger partial charge on any atom is 0.404 e. The van der Waals surface area contributed by atoms with Gasteiger partial charge in [0.1, 0.15) is 0 Å². The number of fused-ring (bicyclic) bond motifs is 1. The SMILES string of the molecule is O=C(O)NCC1CCC(CN(CCc2ccccc2)S(=O)(=O)c2ccc3ccccc3c2)CC1. The lowest BCUT2D eigenvalue weighted by molar-refractivity contribution is 0.185. The highest BCUT2D eigenvalue weighted by atomic mass is 32.2. The average Bonchev–Trinajstić information content (AvgIpc) is 2.86. The summed E-state index contributed by atoms with van der Waals surface area (Å²) >= 11 is 0. The molecule has 3 aromatic carbocycles. The standard InChI is InChI=1S/C27H32N2O4S/c30-27(31)28-19-22-10-12-23(13-11-22)20-29(17-16-21-6-2-1-3-7-21)34(32,33)26-15-14-24-8-4-5-9-25(24)18-26/h1-9,14-15,18,22-23,28H,10-13,16-17,19-20H2,(H,30,31). The van der Waals surface area contributed by atoms with Gasteiger partial charge in [-0.05, 0) is 72.4 Å². The average molecular weight is 481 g/mol. The van der Waals surface area contributed by atoms with E-state index in [0.29, 0.717) is 36.9 Å². The minimum atomic E-state index is -3.65. The van der Waals surface area contributed by atoms with Crippen LogP contribution in [0.4, 0.5) is 4.79 Å². The van der Waals surface area contributed by atoms with Gasteiger partial charge in [-0.25, -0.2) is 13.2 Å². The van der Waals surface area contributed by atoms with Gasteiger partial charge in [0.2, 0.25) is 10.0 Å². The minimum Gasteiger partial charge on any atom is -0.465 e. The van der Waals surface area contributed by atoms with Gasteiger partial charge in [0.15, 0.2) is 0 Å². The topological polar surface area (TPSA) is 86.7 Å². The van der Waals surface area contributed by atoms with Crippen molar-refractivity contribution in [3.63, 3.8) is 0 Å². The molecule has 0 unspecified atom stereocenters. The van der Waals surface area contributed by atoms with Crippen molar-refractivity contribution in [3.05, 3.63) is 78.4 Å². The van der Waals surface area contributed by atoms with Gasteiger partial charge in [-0.3, -0.25) is 0 Å². The van der Waals surface area contributed by atoms with Crippen molar-refractivity contribution in [1.29, 1.82) is 0 Å². The summed E-state index contributed by atoms with van der Waals surface area (Å²) in [6, 6.07) is 23.1. The first-order valence-corrected chi connectivity index (χ1v) is 13.4. The molecule has 1 aliphatic carbocycles. The summed E-state index contributed by atoms with van der Waals surface area (Å²) in [5, 5.41) is 13.3. The van der Waals surface area contributed by atoms with Crippen LogP contribution < -0.4 is 5.32 Å². The van der Waals surface area contributed by atoms with E-state index in [0.717, 1.165) is 42.0 Å². The summed E-state index contributed by atoms with van der Waals surface area (Å²) in [6.45, 7) is 1.38. The molecule has 1 fully saturated rings. The van der Waals surface area contributed by atoms with Crippen LogP contribution in [0.3, 0.4) is 0 Å². The first kappa shape index (κ1) is 24.2. The molecule has 1 aliphatic rings. The Morgan fingerprint density at radius 1 is 0.882 bits per heavy atom. The predicted octanol–water partition coefficient (Wildman–Crippen LogP) is 5.15. The molecule has 0 heterocycles. The van der Waals surface area contributed by atoms with Gasteiger partial charge < -0.3 is 10.4 Å². The van der Waals surface area contributed by atoms with Crippen LogP contribution in [0, 0.1) is 11.8 Å². The molecule has 1 amide bonds. The van der Waals surface area contributed by atoms with Crippen molar-refractivity contribution in [2.45, 2.75) is 37.0 Å². The van der Waals surface area contributed by atoms with Crippen molar-refractivity contribution in [2.75, 3.05) is 19.6 Å². The van der Waals surface area contributed by atoms with Crippen LogP contribution in [-0.2, 0) is 16.4 Å². The second-order valence-corrected chi connectivity index (χ2v) is 11.1. The number of nitrogens with zero attached hydrogens (tertiary/aromatic N) is 1. The van der Waals surface area contributed by atoms with Gasteiger partial charge in [-0.2, -0.15) is 4.31 Å². The Labute approximate surface area is 201 Å². The third-order valence-corrected chi connectivity index (χ3v) is 8.68. The highest BCUT2D eigenvalue weighted by Crippen LogP contribution is 2.31. The van der Waals surface area contributed by atoms with Gasteiger partial charge in [0, 0.05) is 19.6 Å². The second kappa shape index (κ2) is 11.0. The van der Waals surface area contributed by atoms with Crippen LogP contribution in [0.25, 0.3) is 10.8 Å². The highest BCUT2D eigenvalue weighted by molar-refractivity contribution is 7.89. The molecule has 3 aromatic rings. The quantitative estimate of drug-likeness (QED) is 0.444. The summed E-state index contributed by atoms with van der Waals surface area (Å²) in [6.07, 6.45) is 3.30. The number of carboxylic acid groups (broad SMARTS) is 1. The fourth-order valence-electron chi connectivity index (χ4n) is 4.82. The summed E-state index contributed by atoms with van der Waals surface area (Å²) in [7, 11) is -3.65. The summed E-state index contributed by atoms with van der Waals surface area (Å²) in [5.74, 6) is 0.592. The lowest BCUT2D eigenvalue weighted by Crippen LogP contribution is -2.38. The van der Waals surface area contributed by atoms with Crippen molar-refractivity contribution >= 4 is 26.9 Å². The van der Waals surface area contributed by atoms with E-state index < -0.39 is 16.1 Å². The fourth-order valence-corrected chi connectivity index (χ4v) is 6.38. The maximum absolute atomic E-state index is 13.8. The van der Waals surface area contributed by atoms with Gasteiger partial charge in [-0.1, -0.05) is 60.7 Å². The third-order valence-electron chi connectivity index (χ3n) is 6.82. The second-order valence-electron chi connectivity index (χ2n) is 9.18. The Morgan fingerprint density at radius 2 is 1.53 bits per heavy atom. The molecule has 2 N–H and O–H groups in total. The summed E-state index contributed by atoms with van der Waals surface area (Å²) < 4.78 is 29.2. The lowest BCUT2D eigenvalue weighted by Gasteiger charge is -2.32. The van der Waals surface area contributed by atoms with Crippen LogP contribution >= 0.6 is 0 Å². The number of sulfonamides is 1. The number of rotatable bonds is 9. The van der Waals surface area contributed by atoms with Crippen LogP contribution in [-0.4, -0.2) is 43.6 Å². The molecule has 0 aliphatic heterocycles. The zero-order valence-electron chi connectivity index (χ0n) is 19.3. The maximum atomic E-state index is 13.8.